The van der Waals surface area contributed by atoms with Crippen molar-refractivity contribution in [3.8, 4) is 5.75 Å². The molecule has 154 valence electrons. The number of ether oxygens (including phenoxy) is 1. The number of hydrogen-bond donors (Lipinski definition) is 1. The molecule has 0 saturated heterocycles. The molecule has 0 bridgehead atoms. The van der Waals surface area contributed by atoms with Gasteiger partial charge in [0.25, 0.3) is 0 Å². The first-order valence-electron chi connectivity index (χ1n) is 9.94. The van der Waals surface area contributed by atoms with Gasteiger partial charge in [0.15, 0.2) is 0 Å². The molecule has 0 aliphatic carbocycles. The van der Waals surface area contributed by atoms with E-state index in [1.807, 2.05) is 61.5 Å². The molecule has 1 N–H and O–H groups in total. The molecule has 1 unspecified atom stereocenters. The molecule has 29 heavy (non-hydrogen) atoms. The van der Waals surface area contributed by atoms with Crippen LogP contribution in [0.5, 0.6) is 5.75 Å². The zero-order chi connectivity index (χ0) is 21.1. The van der Waals surface area contributed by atoms with E-state index < -0.39 is 6.04 Å². The van der Waals surface area contributed by atoms with E-state index in [1.54, 1.807) is 18.1 Å². The van der Waals surface area contributed by atoms with Gasteiger partial charge in [0.2, 0.25) is 11.8 Å². The lowest BCUT2D eigenvalue weighted by Gasteiger charge is -2.31. The smallest absolute Gasteiger partial charge is 0.243 e. The zero-order valence-corrected chi connectivity index (χ0v) is 17.3. The van der Waals surface area contributed by atoms with Crippen molar-refractivity contribution >= 4 is 11.8 Å². The first kappa shape index (κ1) is 22.2. The molecular weight excluding hydrogens is 364 g/mol. The quantitative estimate of drug-likeness (QED) is 0.591. The van der Waals surface area contributed by atoms with Crippen molar-refractivity contribution in [2.45, 2.75) is 38.8 Å². The fourth-order valence-corrected chi connectivity index (χ4v) is 3.13. The number of carbonyl (C=O) groups excluding carboxylic acids is 2. The van der Waals surface area contributed by atoms with Crippen molar-refractivity contribution in [2.24, 2.45) is 0 Å². The standard InChI is InChI=1S/C24H30N2O3/c1-4-9-23(27)26(18-20-12-14-21(29-3)15-13-20)22(24(28)25-16-5-2)17-19-10-7-6-8-11-19/h5-8,10-15,22H,2,4,9,16-18H2,1,3H3,(H,25,28). The first-order chi connectivity index (χ1) is 14.1. The Morgan fingerprint density at radius 1 is 1.10 bits per heavy atom. The van der Waals surface area contributed by atoms with Crippen molar-refractivity contribution < 1.29 is 14.3 Å². The molecule has 0 spiro atoms. The van der Waals surface area contributed by atoms with Gasteiger partial charge >= 0.3 is 0 Å². The molecule has 1 atom stereocenters. The van der Waals surface area contributed by atoms with Crippen LogP contribution in [-0.4, -0.2) is 36.4 Å². The summed E-state index contributed by atoms with van der Waals surface area (Å²) in [5.41, 5.74) is 1.96. The Hall–Kier alpha value is -3.08. The van der Waals surface area contributed by atoms with E-state index in [1.165, 1.54) is 0 Å². The van der Waals surface area contributed by atoms with E-state index in [9.17, 15) is 9.59 Å². The van der Waals surface area contributed by atoms with E-state index in [0.29, 0.717) is 25.9 Å². The summed E-state index contributed by atoms with van der Waals surface area (Å²) in [7, 11) is 1.62. The SMILES string of the molecule is C=CCNC(=O)C(Cc1ccccc1)N(Cc1ccc(OC)cc1)C(=O)CCC. The van der Waals surface area contributed by atoms with Crippen LogP contribution in [0.3, 0.4) is 0 Å². The molecule has 2 aromatic rings. The van der Waals surface area contributed by atoms with Gasteiger partial charge in [0, 0.05) is 25.9 Å². The van der Waals surface area contributed by atoms with Crippen LogP contribution in [-0.2, 0) is 22.6 Å². The van der Waals surface area contributed by atoms with Crippen molar-refractivity contribution in [1.29, 1.82) is 0 Å². The summed E-state index contributed by atoms with van der Waals surface area (Å²) < 4.78 is 5.22. The van der Waals surface area contributed by atoms with Gasteiger partial charge < -0.3 is 15.0 Å². The van der Waals surface area contributed by atoms with Crippen LogP contribution >= 0.6 is 0 Å². The maximum Gasteiger partial charge on any atom is 0.243 e. The van der Waals surface area contributed by atoms with Gasteiger partial charge in [-0.05, 0) is 29.7 Å². The first-order valence-corrected chi connectivity index (χ1v) is 9.94. The van der Waals surface area contributed by atoms with Crippen molar-refractivity contribution in [2.75, 3.05) is 13.7 Å². The third kappa shape index (κ3) is 6.79. The van der Waals surface area contributed by atoms with E-state index >= 15 is 0 Å². The summed E-state index contributed by atoms with van der Waals surface area (Å²) in [6.07, 6.45) is 3.22. The summed E-state index contributed by atoms with van der Waals surface area (Å²) in [5, 5.41) is 2.86. The predicted octanol–water partition coefficient (Wildman–Crippen LogP) is 3.74. The zero-order valence-electron chi connectivity index (χ0n) is 17.3. The third-order valence-electron chi connectivity index (χ3n) is 4.67. The maximum absolute atomic E-state index is 13.0. The fourth-order valence-electron chi connectivity index (χ4n) is 3.13. The number of amides is 2. The summed E-state index contributed by atoms with van der Waals surface area (Å²) in [5.74, 6) is 0.550. The molecule has 0 radical (unpaired) electrons. The minimum atomic E-state index is -0.599. The van der Waals surface area contributed by atoms with Crippen LogP contribution in [0.15, 0.2) is 67.3 Å². The molecular formula is C24H30N2O3. The molecule has 2 rings (SSSR count). The monoisotopic (exact) mass is 394 g/mol. The lowest BCUT2D eigenvalue weighted by molar-refractivity contribution is -0.141. The number of nitrogens with one attached hydrogen (secondary N) is 1. The van der Waals surface area contributed by atoms with E-state index in [0.717, 1.165) is 23.3 Å². The lowest BCUT2D eigenvalue weighted by Crippen LogP contribution is -2.50. The van der Waals surface area contributed by atoms with Crippen LogP contribution in [0.2, 0.25) is 0 Å². The van der Waals surface area contributed by atoms with Crippen LogP contribution in [0, 0.1) is 0 Å². The highest BCUT2D eigenvalue weighted by molar-refractivity contribution is 5.88. The van der Waals surface area contributed by atoms with Crippen LogP contribution in [0.4, 0.5) is 0 Å². The second kappa shape index (κ2) is 11.7. The molecule has 2 amide bonds. The second-order valence-corrected chi connectivity index (χ2v) is 6.86. The molecule has 0 saturated carbocycles. The number of nitrogens with zero attached hydrogens (tertiary/aromatic N) is 1. The van der Waals surface area contributed by atoms with Crippen molar-refractivity contribution in [3.63, 3.8) is 0 Å². The molecule has 0 fully saturated rings. The maximum atomic E-state index is 13.0. The van der Waals surface area contributed by atoms with Gasteiger partial charge in [0.05, 0.1) is 7.11 Å². The molecule has 0 aromatic heterocycles. The van der Waals surface area contributed by atoms with Gasteiger partial charge in [-0.25, -0.2) is 0 Å². The Morgan fingerprint density at radius 2 is 1.79 bits per heavy atom. The molecule has 0 aliphatic rings. The van der Waals surface area contributed by atoms with Crippen molar-refractivity contribution in [1.82, 2.24) is 10.2 Å². The molecule has 5 nitrogen and oxygen atoms in total. The van der Waals surface area contributed by atoms with E-state index in [4.69, 9.17) is 4.74 Å². The van der Waals surface area contributed by atoms with E-state index in [-0.39, 0.29) is 11.8 Å². The summed E-state index contributed by atoms with van der Waals surface area (Å²) >= 11 is 0. The minimum Gasteiger partial charge on any atom is -0.497 e. The highest BCUT2D eigenvalue weighted by Crippen LogP contribution is 2.18. The summed E-state index contributed by atoms with van der Waals surface area (Å²) in [6, 6.07) is 16.7. The molecule has 0 aliphatic heterocycles. The molecule has 0 heterocycles. The molecule has 5 heteroatoms. The topological polar surface area (TPSA) is 58.6 Å². The number of benzene rings is 2. The molecule has 2 aromatic carbocycles. The highest BCUT2D eigenvalue weighted by atomic mass is 16.5. The van der Waals surface area contributed by atoms with Gasteiger partial charge in [-0.15, -0.1) is 6.58 Å². The average molecular weight is 395 g/mol. The van der Waals surface area contributed by atoms with Crippen molar-refractivity contribution in [3.05, 3.63) is 78.4 Å². The van der Waals surface area contributed by atoms with Crippen LogP contribution in [0.1, 0.15) is 30.9 Å². The largest absolute Gasteiger partial charge is 0.497 e. The predicted molar refractivity (Wildman–Crippen MR) is 116 cm³/mol. The number of carbonyl (C=O) groups is 2. The summed E-state index contributed by atoms with van der Waals surface area (Å²) in [6.45, 7) is 6.35. The number of hydrogen-bond acceptors (Lipinski definition) is 3. The summed E-state index contributed by atoms with van der Waals surface area (Å²) in [4.78, 5) is 27.6. The van der Waals surface area contributed by atoms with Gasteiger partial charge in [-0.3, -0.25) is 9.59 Å². The number of rotatable bonds is 11. The average Bonchev–Trinajstić information content (AvgIpc) is 2.75. The van der Waals surface area contributed by atoms with Crippen LogP contribution < -0.4 is 10.1 Å². The Balaban J connectivity index is 2.33. The number of methoxy groups -OCH3 is 1. The highest BCUT2D eigenvalue weighted by Gasteiger charge is 2.29. The fraction of sp³-hybridized carbons (Fsp3) is 0.333. The third-order valence-corrected chi connectivity index (χ3v) is 4.67. The van der Waals surface area contributed by atoms with Crippen LogP contribution in [0.25, 0.3) is 0 Å². The normalized spacial score (nSPS) is 11.4. The van der Waals surface area contributed by atoms with E-state index in [2.05, 4.69) is 11.9 Å². The Bertz CT molecular complexity index is 788. The lowest BCUT2D eigenvalue weighted by atomic mass is 10.0. The van der Waals surface area contributed by atoms with Gasteiger partial charge in [-0.2, -0.15) is 0 Å². The van der Waals surface area contributed by atoms with Gasteiger partial charge in [0.1, 0.15) is 11.8 Å². The Morgan fingerprint density at radius 3 is 2.38 bits per heavy atom. The second-order valence-electron chi connectivity index (χ2n) is 6.86. The Labute approximate surface area is 173 Å². The minimum absolute atomic E-state index is 0.0296. The Kier molecular flexibility index (Phi) is 8.96. The van der Waals surface area contributed by atoms with Gasteiger partial charge in [-0.1, -0.05) is 55.5 Å².